The van der Waals surface area contributed by atoms with Gasteiger partial charge < -0.3 is 20.1 Å². The highest BCUT2D eigenvalue weighted by Gasteiger charge is 2.15. The summed E-state index contributed by atoms with van der Waals surface area (Å²) in [4.78, 5) is 20.8. The maximum atomic E-state index is 12.4. The molecule has 1 amide bonds. The minimum absolute atomic E-state index is 0.190. The van der Waals surface area contributed by atoms with Crippen LogP contribution in [-0.4, -0.2) is 22.7 Å². The van der Waals surface area contributed by atoms with Crippen LogP contribution in [0.3, 0.4) is 0 Å². The van der Waals surface area contributed by atoms with Gasteiger partial charge in [-0.1, -0.05) is 18.2 Å². The molecule has 26 heavy (non-hydrogen) atoms. The Morgan fingerprint density at radius 2 is 1.81 bits per heavy atom. The first-order chi connectivity index (χ1) is 12.7. The van der Waals surface area contributed by atoms with E-state index in [1.807, 2.05) is 31.2 Å². The van der Waals surface area contributed by atoms with E-state index in [1.54, 1.807) is 18.2 Å². The molecule has 1 aliphatic heterocycles. The number of benzene rings is 2. The van der Waals surface area contributed by atoms with Gasteiger partial charge in [0, 0.05) is 29.8 Å². The molecule has 7 nitrogen and oxygen atoms in total. The lowest BCUT2D eigenvalue weighted by atomic mass is 10.2. The maximum absolute atomic E-state index is 12.4. The Morgan fingerprint density at radius 3 is 2.62 bits per heavy atom. The number of carbonyl (C=O) groups is 1. The summed E-state index contributed by atoms with van der Waals surface area (Å²) >= 11 is 0. The summed E-state index contributed by atoms with van der Waals surface area (Å²) in [5.41, 5.74) is 2.98. The van der Waals surface area contributed by atoms with Crippen LogP contribution in [-0.2, 0) is 0 Å². The van der Waals surface area contributed by atoms with Crippen LogP contribution in [0.1, 0.15) is 15.9 Å². The first-order valence-electron chi connectivity index (χ1n) is 8.05. The molecule has 0 fully saturated rings. The van der Waals surface area contributed by atoms with Crippen LogP contribution in [0.4, 0.5) is 17.3 Å². The number of rotatable bonds is 4. The highest BCUT2D eigenvalue weighted by atomic mass is 16.7. The molecule has 3 aromatic rings. The van der Waals surface area contributed by atoms with Crippen molar-refractivity contribution in [2.75, 3.05) is 17.4 Å². The first-order valence-corrected chi connectivity index (χ1v) is 8.05. The third-order valence-electron chi connectivity index (χ3n) is 3.94. The average Bonchev–Trinajstić information content (AvgIpc) is 3.12. The van der Waals surface area contributed by atoms with Crippen LogP contribution in [0.15, 0.2) is 54.9 Å². The van der Waals surface area contributed by atoms with Gasteiger partial charge in [0.05, 0.1) is 5.56 Å². The van der Waals surface area contributed by atoms with Crippen LogP contribution in [0.5, 0.6) is 11.5 Å². The predicted octanol–water partition coefficient (Wildman–Crippen LogP) is 3.51. The van der Waals surface area contributed by atoms with E-state index in [-0.39, 0.29) is 12.7 Å². The van der Waals surface area contributed by atoms with Gasteiger partial charge >= 0.3 is 0 Å². The monoisotopic (exact) mass is 348 g/mol. The summed E-state index contributed by atoms with van der Waals surface area (Å²) in [6, 6.07) is 13.1. The molecule has 0 spiro atoms. The fourth-order valence-electron chi connectivity index (χ4n) is 2.52. The van der Waals surface area contributed by atoms with Gasteiger partial charge in [-0.05, 0) is 30.7 Å². The molecule has 0 saturated heterocycles. The Kier molecular flexibility index (Phi) is 4.10. The number of fused-ring (bicyclic) bond motifs is 1. The van der Waals surface area contributed by atoms with Crippen molar-refractivity contribution in [2.45, 2.75) is 6.92 Å². The van der Waals surface area contributed by atoms with E-state index in [2.05, 4.69) is 20.6 Å². The van der Waals surface area contributed by atoms with Crippen molar-refractivity contribution in [3.8, 4) is 11.5 Å². The third kappa shape index (κ3) is 3.27. The Morgan fingerprint density at radius 1 is 1.04 bits per heavy atom. The number of aromatic nitrogens is 2. The zero-order chi connectivity index (χ0) is 17.9. The Bertz CT molecular complexity index is 957. The summed E-state index contributed by atoms with van der Waals surface area (Å²) in [7, 11) is 0. The Hall–Kier alpha value is -3.61. The number of hydrogen-bond donors (Lipinski definition) is 2. The van der Waals surface area contributed by atoms with Crippen molar-refractivity contribution in [3.63, 3.8) is 0 Å². The second-order valence-corrected chi connectivity index (χ2v) is 5.76. The number of nitrogens with zero attached hydrogens (tertiary/aromatic N) is 2. The number of nitrogens with one attached hydrogen (secondary N) is 2. The lowest BCUT2D eigenvalue weighted by molar-refractivity contribution is 0.102. The molecule has 0 aliphatic carbocycles. The Labute approximate surface area is 150 Å². The van der Waals surface area contributed by atoms with Gasteiger partial charge in [-0.15, -0.1) is 0 Å². The molecular formula is C19H16N4O3. The summed E-state index contributed by atoms with van der Waals surface area (Å²) < 4.78 is 10.6. The molecule has 2 heterocycles. The first kappa shape index (κ1) is 15.9. The SMILES string of the molecule is Cc1ccccc1Nc1ncc(C(=O)Nc2ccc3c(c2)OCO3)cn1. The standard InChI is InChI=1S/C19H16N4O3/c1-12-4-2-3-5-15(12)23-19-20-9-13(10-21-19)18(24)22-14-6-7-16-17(8-14)26-11-25-16/h2-10H,11H2,1H3,(H,22,24)(H,20,21,23). The number of carbonyl (C=O) groups excluding carboxylic acids is 1. The fraction of sp³-hybridized carbons (Fsp3) is 0.105. The number of aryl methyl sites for hydroxylation is 1. The summed E-state index contributed by atoms with van der Waals surface area (Å²) in [6.07, 6.45) is 2.96. The van der Waals surface area contributed by atoms with Crippen LogP contribution >= 0.6 is 0 Å². The number of ether oxygens (including phenoxy) is 2. The largest absolute Gasteiger partial charge is 0.454 e. The minimum Gasteiger partial charge on any atom is -0.454 e. The average molecular weight is 348 g/mol. The molecule has 0 bridgehead atoms. The smallest absolute Gasteiger partial charge is 0.258 e. The van der Waals surface area contributed by atoms with E-state index in [9.17, 15) is 4.79 Å². The van der Waals surface area contributed by atoms with Crippen LogP contribution < -0.4 is 20.1 Å². The van der Waals surface area contributed by atoms with E-state index in [0.29, 0.717) is 28.7 Å². The van der Waals surface area contributed by atoms with E-state index in [1.165, 1.54) is 12.4 Å². The lowest BCUT2D eigenvalue weighted by Gasteiger charge is -2.08. The zero-order valence-electron chi connectivity index (χ0n) is 14.0. The van der Waals surface area contributed by atoms with Gasteiger partial charge in [-0.2, -0.15) is 0 Å². The van der Waals surface area contributed by atoms with Crippen LogP contribution in [0.2, 0.25) is 0 Å². The molecule has 1 aromatic heterocycles. The van der Waals surface area contributed by atoms with Crippen molar-refractivity contribution >= 4 is 23.2 Å². The molecule has 0 unspecified atom stereocenters. The van der Waals surface area contributed by atoms with Crippen molar-refractivity contribution in [1.82, 2.24) is 9.97 Å². The minimum atomic E-state index is -0.300. The van der Waals surface area contributed by atoms with E-state index in [0.717, 1.165) is 11.3 Å². The third-order valence-corrected chi connectivity index (χ3v) is 3.94. The van der Waals surface area contributed by atoms with E-state index < -0.39 is 0 Å². The molecule has 7 heteroatoms. The second kappa shape index (κ2) is 6.72. The Balaban J connectivity index is 1.44. The van der Waals surface area contributed by atoms with Crippen molar-refractivity contribution in [2.24, 2.45) is 0 Å². The summed E-state index contributed by atoms with van der Waals surface area (Å²) in [5, 5.41) is 5.92. The van der Waals surface area contributed by atoms with Gasteiger partial charge in [0.15, 0.2) is 11.5 Å². The van der Waals surface area contributed by atoms with Crippen molar-refractivity contribution in [1.29, 1.82) is 0 Å². The molecule has 2 aromatic carbocycles. The summed E-state index contributed by atoms with van der Waals surface area (Å²) in [6.45, 7) is 2.19. The molecule has 1 aliphatic rings. The molecule has 0 saturated carbocycles. The van der Waals surface area contributed by atoms with Gasteiger partial charge in [0.1, 0.15) is 0 Å². The molecule has 130 valence electrons. The van der Waals surface area contributed by atoms with E-state index in [4.69, 9.17) is 9.47 Å². The predicted molar refractivity (Wildman–Crippen MR) is 97.0 cm³/mol. The van der Waals surface area contributed by atoms with Crippen molar-refractivity contribution in [3.05, 3.63) is 66.0 Å². The zero-order valence-corrected chi connectivity index (χ0v) is 14.0. The molecule has 4 rings (SSSR count). The summed E-state index contributed by atoms with van der Waals surface area (Å²) in [5.74, 6) is 1.40. The molecular weight excluding hydrogens is 332 g/mol. The van der Waals surface area contributed by atoms with E-state index >= 15 is 0 Å². The van der Waals surface area contributed by atoms with Crippen LogP contribution in [0.25, 0.3) is 0 Å². The van der Waals surface area contributed by atoms with Crippen LogP contribution in [0, 0.1) is 6.92 Å². The molecule has 2 N–H and O–H groups in total. The maximum Gasteiger partial charge on any atom is 0.258 e. The van der Waals surface area contributed by atoms with Gasteiger partial charge in [0.2, 0.25) is 12.7 Å². The van der Waals surface area contributed by atoms with Gasteiger partial charge in [0.25, 0.3) is 5.91 Å². The quantitative estimate of drug-likeness (QED) is 0.750. The normalized spacial score (nSPS) is 11.9. The second-order valence-electron chi connectivity index (χ2n) is 5.76. The number of hydrogen-bond acceptors (Lipinski definition) is 6. The fourth-order valence-corrected chi connectivity index (χ4v) is 2.52. The number of anilines is 3. The molecule has 0 atom stereocenters. The topological polar surface area (TPSA) is 85.4 Å². The van der Waals surface area contributed by atoms with Crippen molar-refractivity contribution < 1.29 is 14.3 Å². The highest BCUT2D eigenvalue weighted by molar-refractivity contribution is 6.04. The lowest BCUT2D eigenvalue weighted by Crippen LogP contribution is -2.13. The number of amides is 1. The highest BCUT2D eigenvalue weighted by Crippen LogP contribution is 2.34. The number of para-hydroxylation sites is 1. The molecule has 0 radical (unpaired) electrons. The van der Waals surface area contributed by atoms with Gasteiger partial charge in [-0.3, -0.25) is 4.79 Å². The van der Waals surface area contributed by atoms with Gasteiger partial charge in [-0.25, -0.2) is 9.97 Å².